The van der Waals surface area contributed by atoms with E-state index in [1.165, 1.54) is 0 Å². The van der Waals surface area contributed by atoms with Gasteiger partial charge in [0.1, 0.15) is 5.69 Å². The van der Waals surface area contributed by atoms with Gasteiger partial charge in [0, 0.05) is 10.0 Å². The smallest absolute Gasteiger partial charge is 0.361 e. The minimum atomic E-state index is -0.537. The number of nitrogens with one attached hydrogen (secondary N) is 1. The number of halogens is 1. The molecule has 0 saturated heterocycles. The number of nitrogens with zero attached hydrogens (tertiary/aromatic N) is 2. The third-order valence-electron chi connectivity index (χ3n) is 2.89. The summed E-state index contributed by atoms with van der Waals surface area (Å²) in [5.41, 5.74) is 1.15. The molecule has 0 spiro atoms. The first-order valence-electron chi connectivity index (χ1n) is 7.10. The molecule has 7 nitrogen and oxygen atoms in total. The van der Waals surface area contributed by atoms with Crippen LogP contribution in [0.4, 0.5) is 0 Å². The van der Waals surface area contributed by atoms with Crippen LogP contribution >= 0.6 is 15.9 Å². The number of methoxy groups -OCH3 is 1. The van der Waals surface area contributed by atoms with E-state index >= 15 is 0 Å². The summed E-state index contributed by atoms with van der Waals surface area (Å²) in [4.78, 5) is 12.0. The van der Waals surface area contributed by atoms with Crippen LogP contribution in [0.2, 0.25) is 0 Å². The van der Waals surface area contributed by atoms with Crippen molar-refractivity contribution in [1.82, 2.24) is 15.4 Å². The average molecular weight is 384 g/mol. The molecular weight excluding hydrogens is 366 g/mol. The van der Waals surface area contributed by atoms with Gasteiger partial charge < -0.3 is 14.2 Å². The van der Waals surface area contributed by atoms with Gasteiger partial charge in [-0.05, 0) is 48.8 Å². The van der Waals surface area contributed by atoms with Crippen LogP contribution in [0.5, 0.6) is 11.5 Å². The SMILES string of the molecule is CCOC(=O)c1n[nH]nc1-c1cc(OC)c(OC(C)C)cc1Br. The van der Waals surface area contributed by atoms with Crippen molar-refractivity contribution in [3.63, 3.8) is 0 Å². The first-order valence-corrected chi connectivity index (χ1v) is 7.89. The largest absolute Gasteiger partial charge is 0.493 e. The van der Waals surface area contributed by atoms with Crippen LogP contribution in [-0.4, -0.2) is 41.2 Å². The molecule has 0 aliphatic rings. The fraction of sp³-hybridized carbons (Fsp3) is 0.400. The van der Waals surface area contributed by atoms with Crippen LogP contribution in [0.15, 0.2) is 16.6 Å². The van der Waals surface area contributed by atoms with Crippen molar-refractivity contribution >= 4 is 21.9 Å². The van der Waals surface area contributed by atoms with Crippen LogP contribution in [0.25, 0.3) is 11.3 Å². The predicted octanol–water partition coefficient (Wildman–Crippen LogP) is 3.21. The van der Waals surface area contributed by atoms with Gasteiger partial charge in [0.15, 0.2) is 17.2 Å². The fourth-order valence-electron chi connectivity index (χ4n) is 1.98. The van der Waals surface area contributed by atoms with Gasteiger partial charge in [0.2, 0.25) is 0 Å². The van der Waals surface area contributed by atoms with E-state index in [9.17, 15) is 4.79 Å². The number of hydrogen-bond acceptors (Lipinski definition) is 6. The monoisotopic (exact) mass is 383 g/mol. The van der Waals surface area contributed by atoms with E-state index in [1.54, 1.807) is 26.2 Å². The Bertz CT molecular complexity index is 700. The topological polar surface area (TPSA) is 86.3 Å². The van der Waals surface area contributed by atoms with E-state index in [0.717, 1.165) is 0 Å². The Morgan fingerprint density at radius 3 is 2.65 bits per heavy atom. The molecule has 1 aromatic carbocycles. The van der Waals surface area contributed by atoms with Crippen LogP contribution in [0.3, 0.4) is 0 Å². The van der Waals surface area contributed by atoms with Gasteiger partial charge in [-0.15, -0.1) is 5.10 Å². The normalized spacial score (nSPS) is 10.7. The number of aromatic nitrogens is 3. The zero-order valence-corrected chi connectivity index (χ0v) is 14.9. The number of carbonyl (C=O) groups is 1. The maximum Gasteiger partial charge on any atom is 0.361 e. The molecule has 1 aromatic heterocycles. The fourth-order valence-corrected chi connectivity index (χ4v) is 2.49. The number of ether oxygens (including phenoxy) is 3. The molecule has 23 heavy (non-hydrogen) atoms. The first-order chi connectivity index (χ1) is 11.0. The summed E-state index contributed by atoms with van der Waals surface area (Å²) >= 11 is 3.47. The van der Waals surface area contributed by atoms with Gasteiger partial charge in [-0.25, -0.2) is 4.79 Å². The van der Waals surface area contributed by atoms with Crippen molar-refractivity contribution in [3.8, 4) is 22.8 Å². The third kappa shape index (κ3) is 3.82. The van der Waals surface area contributed by atoms with Crippen molar-refractivity contribution < 1.29 is 19.0 Å². The number of aromatic amines is 1. The van der Waals surface area contributed by atoms with Gasteiger partial charge in [-0.1, -0.05) is 0 Å². The number of H-pyrrole nitrogens is 1. The highest BCUT2D eigenvalue weighted by Gasteiger charge is 2.22. The van der Waals surface area contributed by atoms with Gasteiger partial charge in [0.05, 0.1) is 19.8 Å². The minimum absolute atomic E-state index is 0.00351. The van der Waals surface area contributed by atoms with Crippen molar-refractivity contribution in [1.29, 1.82) is 0 Å². The maximum atomic E-state index is 12.0. The second kappa shape index (κ2) is 7.45. The summed E-state index contributed by atoms with van der Waals surface area (Å²) in [5.74, 6) is 0.596. The summed E-state index contributed by atoms with van der Waals surface area (Å²) in [7, 11) is 1.55. The Labute approximate surface area is 142 Å². The third-order valence-corrected chi connectivity index (χ3v) is 3.54. The van der Waals surface area contributed by atoms with Crippen molar-refractivity contribution in [3.05, 3.63) is 22.3 Å². The van der Waals surface area contributed by atoms with Crippen LogP contribution < -0.4 is 9.47 Å². The molecule has 124 valence electrons. The molecule has 1 heterocycles. The van der Waals surface area contributed by atoms with Crippen LogP contribution in [0, 0.1) is 0 Å². The van der Waals surface area contributed by atoms with E-state index in [2.05, 4.69) is 31.3 Å². The lowest BCUT2D eigenvalue weighted by atomic mass is 10.1. The van der Waals surface area contributed by atoms with E-state index in [1.807, 2.05) is 13.8 Å². The average Bonchev–Trinajstić information content (AvgIpc) is 2.96. The standard InChI is InChI=1S/C15H18BrN3O4/c1-5-22-15(20)14-13(17-19-18-14)9-6-11(21-4)12(7-10(9)16)23-8(2)3/h6-8H,5H2,1-4H3,(H,17,18,19). The predicted molar refractivity (Wildman–Crippen MR) is 87.8 cm³/mol. The molecule has 8 heteroatoms. The summed E-state index contributed by atoms with van der Waals surface area (Å²) in [5, 5.41) is 10.4. The highest BCUT2D eigenvalue weighted by Crippen LogP contribution is 2.39. The molecule has 0 aliphatic heterocycles. The Morgan fingerprint density at radius 2 is 2.04 bits per heavy atom. The number of hydrogen-bond donors (Lipinski definition) is 1. The number of rotatable bonds is 6. The van der Waals surface area contributed by atoms with Gasteiger partial charge in [-0.2, -0.15) is 10.3 Å². The second-order valence-corrected chi connectivity index (χ2v) is 5.75. The molecule has 0 aliphatic carbocycles. The lowest BCUT2D eigenvalue weighted by molar-refractivity contribution is 0.0520. The van der Waals surface area contributed by atoms with E-state index < -0.39 is 5.97 Å². The van der Waals surface area contributed by atoms with Crippen molar-refractivity contribution in [2.24, 2.45) is 0 Å². The molecule has 0 atom stereocenters. The molecule has 0 amide bonds. The molecule has 0 bridgehead atoms. The molecule has 0 unspecified atom stereocenters. The molecule has 0 radical (unpaired) electrons. The van der Waals surface area contributed by atoms with Gasteiger partial charge >= 0.3 is 5.97 Å². The highest BCUT2D eigenvalue weighted by atomic mass is 79.9. The number of esters is 1. The lowest BCUT2D eigenvalue weighted by Gasteiger charge is -2.15. The quantitative estimate of drug-likeness (QED) is 0.770. The zero-order chi connectivity index (χ0) is 17.0. The first kappa shape index (κ1) is 17.3. The maximum absolute atomic E-state index is 12.0. The summed E-state index contributed by atoms with van der Waals surface area (Å²) < 4.78 is 16.8. The Morgan fingerprint density at radius 1 is 1.30 bits per heavy atom. The van der Waals surface area contributed by atoms with E-state index in [0.29, 0.717) is 27.2 Å². The number of benzene rings is 1. The molecule has 2 rings (SSSR count). The summed E-state index contributed by atoms with van der Waals surface area (Å²) in [6, 6.07) is 3.51. The Balaban J connectivity index is 2.49. The molecule has 0 saturated carbocycles. The lowest BCUT2D eigenvalue weighted by Crippen LogP contribution is -2.08. The van der Waals surface area contributed by atoms with Gasteiger partial charge in [-0.3, -0.25) is 0 Å². The Kier molecular flexibility index (Phi) is 5.59. The minimum Gasteiger partial charge on any atom is -0.493 e. The van der Waals surface area contributed by atoms with Gasteiger partial charge in [0.25, 0.3) is 0 Å². The molecule has 0 fully saturated rings. The van der Waals surface area contributed by atoms with E-state index in [-0.39, 0.29) is 18.4 Å². The molecular formula is C15H18BrN3O4. The highest BCUT2D eigenvalue weighted by molar-refractivity contribution is 9.10. The number of carbonyl (C=O) groups excluding carboxylic acids is 1. The van der Waals surface area contributed by atoms with Crippen molar-refractivity contribution in [2.45, 2.75) is 26.9 Å². The van der Waals surface area contributed by atoms with Crippen LogP contribution in [-0.2, 0) is 4.74 Å². The second-order valence-electron chi connectivity index (χ2n) is 4.89. The van der Waals surface area contributed by atoms with Crippen molar-refractivity contribution in [2.75, 3.05) is 13.7 Å². The molecule has 1 N–H and O–H groups in total. The summed E-state index contributed by atoms with van der Waals surface area (Å²) in [6.45, 7) is 5.85. The van der Waals surface area contributed by atoms with E-state index in [4.69, 9.17) is 14.2 Å². The zero-order valence-electron chi connectivity index (χ0n) is 13.3. The Hall–Kier alpha value is -2.09. The molecule has 2 aromatic rings. The van der Waals surface area contributed by atoms with Crippen LogP contribution in [0.1, 0.15) is 31.3 Å². The summed E-state index contributed by atoms with van der Waals surface area (Å²) in [6.07, 6.45) is 0.00351.